The molecule has 0 spiro atoms. The van der Waals surface area contributed by atoms with Crippen LogP contribution in [0.5, 0.6) is 0 Å². The van der Waals surface area contributed by atoms with E-state index in [1.165, 1.54) is 16.3 Å². The van der Waals surface area contributed by atoms with E-state index in [9.17, 15) is 9.59 Å². The highest BCUT2D eigenvalue weighted by Crippen LogP contribution is 2.16. The molecule has 2 aromatic rings. The molecule has 0 atom stereocenters. The van der Waals surface area contributed by atoms with Gasteiger partial charge in [0.15, 0.2) is 5.13 Å². The maximum Gasteiger partial charge on any atom is 0.294 e. The first-order valence-electron chi connectivity index (χ1n) is 6.56. The molecule has 8 heteroatoms. The van der Waals surface area contributed by atoms with Crippen LogP contribution in [-0.2, 0) is 9.59 Å². The van der Waals surface area contributed by atoms with Crippen molar-refractivity contribution in [2.75, 3.05) is 16.9 Å². The van der Waals surface area contributed by atoms with Crippen LogP contribution >= 0.6 is 11.3 Å². The molecule has 2 amide bonds. The number of amidine groups is 1. The van der Waals surface area contributed by atoms with Gasteiger partial charge in [0.05, 0.1) is 11.4 Å². The van der Waals surface area contributed by atoms with Gasteiger partial charge in [0, 0.05) is 5.38 Å². The zero-order valence-corrected chi connectivity index (χ0v) is 12.6. The Morgan fingerprint density at radius 3 is 2.82 bits per heavy atom. The van der Waals surface area contributed by atoms with Gasteiger partial charge in [-0.15, -0.1) is 11.3 Å². The van der Waals surface area contributed by atoms with Crippen LogP contribution in [0.1, 0.15) is 5.69 Å². The summed E-state index contributed by atoms with van der Waals surface area (Å²) in [4.78, 5) is 32.3. The predicted molar refractivity (Wildman–Crippen MR) is 84.8 cm³/mol. The first-order valence-corrected chi connectivity index (χ1v) is 7.44. The van der Waals surface area contributed by atoms with Crippen molar-refractivity contribution in [1.82, 2.24) is 10.4 Å². The molecule has 2 heterocycles. The molecule has 1 aromatic carbocycles. The minimum atomic E-state index is -0.428. The fourth-order valence-corrected chi connectivity index (χ4v) is 2.58. The summed E-state index contributed by atoms with van der Waals surface area (Å²) in [5.41, 5.74) is 4.23. The van der Waals surface area contributed by atoms with E-state index in [4.69, 9.17) is 0 Å². The van der Waals surface area contributed by atoms with Crippen LogP contribution in [0, 0.1) is 6.92 Å². The molecule has 0 saturated carbocycles. The average molecular weight is 315 g/mol. The largest absolute Gasteiger partial charge is 0.295 e. The van der Waals surface area contributed by atoms with E-state index in [0.717, 1.165) is 5.69 Å². The zero-order valence-electron chi connectivity index (χ0n) is 11.7. The number of thiazole rings is 1. The second kappa shape index (κ2) is 5.94. The van der Waals surface area contributed by atoms with Crippen LogP contribution in [0.4, 0.5) is 10.8 Å². The maximum atomic E-state index is 12.2. The minimum Gasteiger partial charge on any atom is -0.295 e. The van der Waals surface area contributed by atoms with E-state index in [1.807, 2.05) is 30.5 Å². The van der Waals surface area contributed by atoms with Gasteiger partial charge < -0.3 is 0 Å². The maximum absolute atomic E-state index is 12.2. The number of nitrogens with one attached hydrogen (secondary N) is 2. The van der Waals surface area contributed by atoms with Gasteiger partial charge in [-0.3, -0.25) is 25.3 Å². The van der Waals surface area contributed by atoms with Crippen molar-refractivity contribution in [2.45, 2.75) is 6.92 Å². The Kier molecular flexibility index (Phi) is 3.84. The standard InChI is InChI=1S/C14H13N5O2S/c1-9-8-22-14(16-9)17-13(21)12-15-7-11(20)19(18-12)10-5-3-2-4-6-10/h2-6,8H,7H2,1H3,(H,15,18)(H,16,17,21). The van der Waals surface area contributed by atoms with E-state index in [0.29, 0.717) is 10.8 Å². The summed E-state index contributed by atoms with van der Waals surface area (Å²) < 4.78 is 0. The van der Waals surface area contributed by atoms with Crippen molar-refractivity contribution in [3.8, 4) is 0 Å². The van der Waals surface area contributed by atoms with Crippen molar-refractivity contribution >= 4 is 39.8 Å². The smallest absolute Gasteiger partial charge is 0.294 e. The quantitative estimate of drug-likeness (QED) is 0.895. The predicted octanol–water partition coefficient (Wildman–Crippen LogP) is 1.34. The molecule has 1 aromatic heterocycles. The Morgan fingerprint density at radius 2 is 2.14 bits per heavy atom. The van der Waals surface area contributed by atoms with Gasteiger partial charge in [0.25, 0.3) is 11.8 Å². The number of aromatic nitrogens is 1. The fraction of sp³-hybridized carbons (Fsp3) is 0.143. The summed E-state index contributed by atoms with van der Waals surface area (Å²) >= 11 is 1.33. The van der Waals surface area contributed by atoms with Gasteiger partial charge in [0.1, 0.15) is 6.54 Å². The lowest BCUT2D eigenvalue weighted by Gasteiger charge is -2.27. The van der Waals surface area contributed by atoms with Crippen LogP contribution in [0.25, 0.3) is 0 Å². The highest BCUT2D eigenvalue weighted by atomic mass is 32.1. The summed E-state index contributed by atoms with van der Waals surface area (Å²) in [7, 11) is 0. The third kappa shape index (κ3) is 2.96. The highest BCUT2D eigenvalue weighted by Gasteiger charge is 2.25. The lowest BCUT2D eigenvalue weighted by molar-refractivity contribution is -0.118. The zero-order chi connectivity index (χ0) is 15.5. The molecule has 22 heavy (non-hydrogen) atoms. The number of anilines is 2. The molecule has 7 nitrogen and oxygen atoms in total. The third-order valence-electron chi connectivity index (χ3n) is 2.91. The molecule has 0 fully saturated rings. The Labute approximate surface area is 130 Å². The second-order valence-corrected chi connectivity index (χ2v) is 5.45. The molecule has 0 saturated heterocycles. The van der Waals surface area contributed by atoms with E-state index in [-0.39, 0.29) is 18.3 Å². The van der Waals surface area contributed by atoms with Gasteiger partial charge in [-0.2, -0.15) is 0 Å². The molecule has 1 aliphatic heterocycles. The number of amides is 2. The summed E-state index contributed by atoms with van der Waals surface area (Å²) in [5.74, 6) is -0.577. The van der Waals surface area contributed by atoms with Crippen molar-refractivity contribution in [1.29, 1.82) is 0 Å². The van der Waals surface area contributed by atoms with Crippen LogP contribution in [0.15, 0.2) is 40.7 Å². The van der Waals surface area contributed by atoms with Gasteiger partial charge in [-0.1, -0.05) is 18.2 Å². The number of hydrogen-bond donors (Lipinski definition) is 2. The van der Waals surface area contributed by atoms with Crippen molar-refractivity contribution in [2.24, 2.45) is 4.99 Å². The van der Waals surface area contributed by atoms with Crippen molar-refractivity contribution < 1.29 is 9.59 Å². The van der Waals surface area contributed by atoms with Crippen LogP contribution in [0.2, 0.25) is 0 Å². The van der Waals surface area contributed by atoms with E-state index < -0.39 is 5.91 Å². The number of benzene rings is 1. The minimum absolute atomic E-state index is 0.0799. The number of aliphatic imine (C=N–C) groups is 1. The molecule has 112 valence electrons. The normalized spacial score (nSPS) is 14.3. The molecule has 3 rings (SSSR count). The SMILES string of the molecule is Cc1csc(NC(=O)C2=NCC(=O)N(c3ccccc3)N2)n1. The number of carbonyl (C=O) groups is 2. The van der Waals surface area contributed by atoms with E-state index in [2.05, 4.69) is 20.7 Å². The first-order chi connectivity index (χ1) is 10.6. The van der Waals surface area contributed by atoms with Crippen LogP contribution in [-0.4, -0.2) is 29.2 Å². The molecule has 2 N–H and O–H groups in total. The second-order valence-electron chi connectivity index (χ2n) is 4.59. The fourth-order valence-electron chi connectivity index (χ4n) is 1.90. The lowest BCUT2D eigenvalue weighted by Crippen LogP contribution is -2.54. The molecular formula is C14H13N5O2S. The van der Waals surface area contributed by atoms with E-state index >= 15 is 0 Å². The Hall–Kier alpha value is -2.74. The Morgan fingerprint density at radius 1 is 1.36 bits per heavy atom. The molecular weight excluding hydrogens is 302 g/mol. The summed E-state index contributed by atoms with van der Waals surface area (Å²) in [6.07, 6.45) is 0. The molecule has 1 aliphatic rings. The Bertz CT molecular complexity index is 741. The van der Waals surface area contributed by atoms with Crippen LogP contribution < -0.4 is 15.8 Å². The summed E-state index contributed by atoms with van der Waals surface area (Å²) in [6, 6.07) is 9.03. The van der Waals surface area contributed by atoms with Gasteiger partial charge in [-0.25, -0.2) is 9.99 Å². The number of hydrogen-bond acceptors (Lipinski definition) is 6. The number of hydrazine groups is 1. The topological polar surface area (TPSA) is 86.7 Å². The van der Waals surface area contributed by atoms with E-state index in [1.54, 1.807) is 12.1 Å². The number of para-hydroxylation sites is 1. The first kappa shape index (κ1) is 14.2. The molecule has 0 radical (unpaired) electrons. The number of nitrogens with zero attached hydrogens (tertiary/aromatic N) is 3. The number of rotatable bonds is 3. The highest BCUT2D eigenvalue weighted by molar-refractivity contribution is 7.14. The van der Waals surface area contributed by atoms with Gasteiger partial charge >= 0.3 is 0 Å². The summed E-state index contributed by atoms with van der Waals surface area (Å²) in [6.45, 7) is 1.76. The summed E-state index contributed by atoms with van der Waals surface area (Å²) in [5, 5.41) is 6.31. The van der Waals surface area contributed by atoms with Crippen LogP contribution in [0.3, 0.4) is 0 Å². The average Bonchev–Trinajstić information content (AvgIpc) is 2.93. The molecule has 0 unspecified atom stereocenters. The monoisotopic (exact) mass is 315 g/mol. The van der Waals surface area contributed by atoms with Crippen molar-refractivity contribution in [3.05, 3.63) is 41.4 Å². The number of aryl methyl sites for hydroxylation is 1. The third-order valence-corrected chi connectivity index (χ3v) is 3.78. The number of carbonyl (C=O) groups excluding carboxylic acids is 2. The lowest BCUT2D eigenvalue weighted by atomic mass is 10.3. The molecule has 0 bridgehead atoms. The van der Waals surface area contributed by atoms with Crippen molar-refractivity contribution in [3.63, 3.8) is 0 Å². The van der Waals surface area contributed by atoms with Gasteiger partial charge in [-0.05, 0) is 19.1 Å². The molecule has 0 aliphatic carbocycles. The Balaban J connectivity index is 1.75. The van der Waals surface area contributed by atoms with Gasteiger partial charge in [0.2, 0.25) is 5.84 Å².